The molecule has 132 valence electrons. The second-order valence-electron chi connectivity index (χ2n) is 5.88. The van der Waals surface area contributed by atoms with Crippen molar-refractivity contribution in [3.05, 3.63) is 71.9 Å². The van der Waals surface area contributed by atoms with Gasteiger partial charge in [-0.05, 0) is 11.6 Å². The molecule has 26 heavy (non-hydrogen) atoms. The van der Waals surface area contributed by atoms with Gasteiger partial charge in [-0.15, -0.1) is 0 Å². The van der Waals surface area contributed by atoms with Gasteiger partial charge in [-0.2, -0.15) is 0 Å². The van der Waals surface area contributed by atoms with Crippen LogP contribution in [0, 0.1) is 0 Å². The van der Waals surface area contributed by atoms with E-state index in [1.807, 2.05) is 53.1 Å². The molecule has 0 spiro atoms. The lowest BCUT2D eigenvalue weighted by Crippen LogP contribution is -2.52. The van der Waals surface area contributed by atoms with Crippen LogP contribution in [0.25, 0.3) is 10.9 Å². The summed E-state index contributed by atoms with van der Waals surface area (Å²) in [5.41, 5.74) is 12.5. The maximum absolute atomic E-state index is 12.6. The van der Waals surface area contributed by atoms with Gasteiger partial charge < -0.3 is 21.4 Å². The third kappa shape index (κ3) is 3.41. The van der Waals surface area contributed by atoms with Gasteiger partial charge in [-0.3, -0.25) is 14.4 Å². The van der Waals surface area contributed by atoms with Crippen LogP contribution in [0.2, 0.25) is 0 Å². The number of fused-ring (bicyclic) bond motifs is 1. The average Bonchev–Trinajstić information content (AvgIpc) is 2.99. The Bertz CT molecular complexity index is 965. The minimum absolute atomic E-state index is 0.337. The summed E-state index contributed by atoms with van der Waals surface area (Å²) < 4.78 is 1.93. The summed E-state index contributed by atoms with van der Waals surface area (Å²) in [5, 5.41) is 3.00. The molecule has 5 N–H and O–H groups in total. The van der Waals surface area contributed by atoms with Crippen LogP contribution in [0.5, 0.6) is 0 Å². The molecule has 0 radical (unpaired) electrons. The first-order chi connectivity index (χ1) is 12.5. The molecular weight excluding hydrogens is 332 g/mol. The van der Waals surface area contributed by atoms with E-state index in [0.29, 0.717) is 17.5 Å². The van der Waals surface area contributed by atoms with Crippen LogP contribution in [0.4, 0.5) is 0 Å². The van der Waals surface area contributed by atoms with Crippen LogP contribution in [-0.2, 0) is 16.1 Å². The Labute approximate surface area is 149 Å². The highest BCUT2D eigenvalue weighted by Gasteiger charge is 2.26. The first-order valence-electron chi connectivity index (χ1n) is 7.98. The van der Waals surface area contributed by atoms with Crippen molar-refractivity contribution in [3.8, 4) is 0 Å². The topological polar surface area (TPSA) is 120 Å². The minimum Gasteiger partial charge on any atom is -0.367 e. The zero-order valence-corrected chi connectivity index (χ0v) is 13.9. The number of primary amides is 2. The predicted molar refractivity (Wildman–Crippen MR) is 97.1 cm³/mol. The van der Waals surface area contributed by atoms with Gasteiger partial charge in [0.2, 0.25) is 11.8 Å². The number of carbonyl (C=O) groups is 3. The van der Waals surface area contributed by atoms with Gasteiger partial charge in [0.05, 0.1) is 5.56 Å². The Hall–Kier alpha value is -3.61. The number of nitrogens with two attached hydrogens (primary N) is 2. The lowest BCUT2D eigenvalue weighted by atomic mass is 10.1. The summed E-state index contributed by atoms with van der Waals surface area (Å²) in [6.07, 6.45) is 1.69. The normalized spacial score (nSPS) is 10.8. The van der Waals surface area contributed by atoms with Crippen molar-refractivity contribution < 1.29 is 14.4 Å². The summed E-state index contributed by atoms with van der Waals surface area (Å²) in [5.74, 6) is -2.59. The first kappa shape index (κ1) is 17.2. The highest BCUT2D eigenvalue weighted by Crippen LogP contribution is 2.22. The molecule has 7 heteroatoms. The van der Waals surface area contributed by atoms with Crippen molar-refractivity contribution in [2.45, 2.75) is 12.6 Å². The van der Waals surface area contributed by atoms with E-state index in [-0.39, 0.29) is 0 Å². The Morgan fingerprint density at radius 3 is 2.19 bits per heavy atom. The monoisotopic (exact) mass is 350 g/mol. The van der Waals surface area contributed by atoms with E-state index < -0.39 is 23.8 Å². The molecule has 7 nitrogen and oxygen atoms in total. The Kier molecular flexibility index (Phi) is 4.70. The number of carbonyl (C=O) groups excluding carboxylic acids is 3. The van der Waals surface area contributed by atoms with E-state index in [9.17, 15) is 14.4 Å². The van der Waals surface area contributed by atoms with Crippen LogP contribution in [0.15, 0.2) is 60.8 Å². The predicted octanol–water partition coefficient (Wildman–Crippen LogP) is 0.759. The summed E-state index contributed by atoms with van der Waals surface area (Å²) in [4.78, 5) is 35.2. The van der Waals surface area contributed by atoms with Crippen LogP contribution in [0.1, 0.15) is 15.9 Å². The summed E-state index contributed by atoms with van der Waals surface area (Å²) in [7, 11) is 0. The highest BCUT2D eigenvalue weighted by molar-refractivity contribution is 6.12. The van der Waals surface area contributed by atoms with E-state index in [4.69, 9.17) is 11.5 Å². The average molecular weight is 350 g/mol. The Balaban J connectivity index is 1.97. The van der Waals surface area contributed by atoms with Crippen molar-refractivity contribution in [1.82, 2.24) is 9.88 Å². The van der Waals surface area contributed by atoms with Gasteiger partial charge in [-0.25, -0.2) is 0 Å². The third-order valence-electron chi connectivity index (χ3n) is 4.07. The molecular formula is C19H18N4O3. The quantitative estimate of drug-likeness (QED) is 0.569. The second kappa shape index (κ2) is 7.10. The molecule has 1 aromatic heterocycles. The fourth-order valence-electron chi connectivity index (χ4n) is 2.83. The van der Waals surface area contributed by atoms with Crippen molar-refractivity contribution in [1.29, 1.82) is 0 Å². The molecule has 0 fully saturated rings. The number of hydrogen-bond donors (Lipinski definition) is 3. The second-order valence-corrected chi connectivity index (χ2v) is 5.88. The van der Waals surface area contributed by atoms with Gasteiger partial charge in [0, 0.05) is 23.6 Å². The van der Waals surface area contributed by atoms with Crippen molar-refractivity contribution in [3.63, 3.8) is 0 Å². The Morgan fingerprint density at radius 2 is 1.54 bits per heavy atom. The number of rotatable bonds is 6. The number of amides is 3. The number of benzene rings is 2. The molecule has 2 aromatic carbocycles. The number of nitrogens with one attached hydrogen (secondary N) is 1. The maximum atomic E-state index is 12.6. The Morgan fingerprint density at radius 1 is 0.923 bits per heavy atom. The van der Waals surface area contributed by atoms with E-state index in [2.05, 4.69) is 5.32 Å². The van der Waals surface area contributed by atoms with Gasteiger partial charge in [0.25, 0.3) is 5.91 Å². The number of hydrogen-bond acceptors (Lipinski definition) is 3. The molecule has 0 aliphatic carbocycles. The zero-order chi connectivity index (χ0) is 18.7. The lowest BCUT2D eigenvalue weighted by Gasteiger charge is -2.11. The molecule has 0 bridgehead atoms. The highest BCUT2D eigenvalue weighted by atomic mass is 16.2. The van der Waals surface area contributed by atoms with E-state index >= 15 is 0 Å². The molecule has 0 saturated heterocycles. The molecule has 3 rings (SSSR count). The van der Waals surface area contributed by atoms with E-state index in [1.54, 1.807) is 12.3 Å². The number of para-hydroxylation sites is 1. The van der Waals surface area contributed by atoms with Crippen LogP contribution >= 0.6 is 0 Å². The van der Waals surface area contributed by atoms with E-state index in [1.165, 1.54) is 0 Å². The third-order valence-corrected chi connectivity index (χ3v) is 4.07. The maximum Gasteiger partial charge on any atom is 0.254 e. The fourth-order valence-corrected chi connectivity index (χ4v) is 2.83. The SMILES string of the molecule is NC(=O)C(NC(=O)c1cn(Cc2ccccc2)c2ccccc12)C(N)=O. The molecule has 0 atom stereocenters. The van der Waals surface area contributed by atoms with Gasteiger partial charge in [-0.1, -0.05) is 48.5 Å². The van der Waals surface area contributed by atoms with Crippen molar-refractivity contribution in [2.24, 2.45) is 11.5 Å². The number of nitrogens with zero attached hydrogens (tertiary/aromatic N) is 1. The molecule has 3 amide bonds. The zero-order valence-electron chi connectivity index (χ0n) is 13.9. The van der Waals surface area contributed by atoms with Gasteiger partial charge >= 0.3 is 0 Å². The molecule has 0 aliphatic heterocycles. The molecule has 0 unspecified atom stereocenters. The molecule has 1 heterocycles. The lowest BCUT2D eigenvalue weighted by molar-refractivity contribution is -0.128. The molecule has 0 aliphatic rings. The summed E-state index contributed by atoms with van der Waals surface area (Å²) in [6.45, 7) is 0.573. The van der Waals surface area contributed by atoms with E-state index in [0.717, 1.165) is 11.1 Å². The first-order valence-corrected chi connectivity index (χ1v) is 7.98. The summed E-state index contributed by atoms with van der Waals surface area (Å²) in [6, 6.07) is 15.6. The van der Waals surface area contributed by atoms with Crippen molar-refractivity contribution in [2.75, 3.05) is 0 Å². The molecule has 0 saturated carbocycles. The van der Waals surface area contributed by atoms with Crippen LogP contribution in [0.3, 0.4) is 0 Å². The van der Waals surface area contributed by atoms with Gasteiger partial charge in [0.1, 0.15) is 0 Å². The van der Waals surface area contributed by atoms with Crippen molar-refractivity contribution >= 4 is 28.6 Å². The summed E-state index contributed by atoms with van der Waals surface area (Å²) >= 11 is 0. The smallest absolute Gasteiger partial charge is 0.254 e. The number of aromatic nitrogens is 1. The standard InChI is InChI=1S/C19H18N4O3/c20-17(24)16(18(21)25)22-19(26)14-11-23(10-12-6-2-1-3-7-12)15-9-5-4-8-13(14)15/h1-9,11,16H,10H2,(H2,20,24)(H2,21,25)(H,22,26). The fraction of sp³-hybridized carbons (Fsp3) is 0.105. The van der Waals surface area contributed by atoms with Gasteiger partial charge in [0.15, 0.2) is 6.04 Å². The van der Waals surface area contributed by atoms with Crippen LogP contribution < -0.4 is 16.8 Å². The minimum atomic E-state index is -1.56. The van der Waals surface area contributed by atoms with Crippen LogP contribution in [-0.4, -0.2) is 28.3 Å². The largest absolute Gasteiger partial charge is 0.367 e. The molecule has 3 aromatic rings.